The van der Waals surface area contributed by atoms with Crippen LogP contribution in [0.3, 0.4) is 0 Å². The molecule has 2 amide bonds. The van der Waals surface area contributed by atoms with Crippen molar-refractivity contribution in [3.05, 3.63) is 95.3 Å². The minimum atomic E-state index is -0.344. The number of hydrogen-bond acceptors (Lipinski definition) is 4. The minimum absolute atomic E-state index is 0.136. The summed E-state index contributed by atoms with van der Waals surface area (Å²) in [5.74, 6) is -0.805. The van der Waals surface area contributed by atoms with Crippen LogP contribution in [0.5, 0.6) is 0 Å². The van der Waals surface area contributed by atoms with Crippen molar-refractivity contribution in [3.63, 3.8) is 0 Å². The van der Waals surface area contributed by atoms with E-state index in [4.69, 9.17) is 0 Å². The Labute approximate surface area is 181 Å². The first-order chi connectivity index (χ1) is 15.0. The van der Waals surface area contributed by atoms with E-state index in [1.165, 1.54) is 29.4 Å². The Hall–Kier alpha value is -3.61. The summed E-state index contributed by atoms with van der Waals surface area (Å²) in [6.07, 6.45) is 3.85. The van der Waals surface area contributed by atoms with Crippen LogP contribution in [0.4, 0.5) is 4.39 Å². The van der Waals surface area contributed by atoms with Gasteiger partial charge in [0.25, 0.3) is 5.91 Å². The average Bonchev–Trinajstić information content (AvgIpc) is 2.79. The Morgan fingerprint density at radius 1 is 0.968 bits per heavy atom. The third-order valence-electron chi connectivity index (χ3n) is 4.76. The first-order valence-corrected chi connectivity index (χ1v) is 10.1. The molecule has 0 fully saturated rings. The van der Waals surface area contributed by atoms with E-state index >= 15 is 0 Å². The monoisotopic (exact) mass is 420 g/mol. The fraction of sp³-hybridized carbons (Fsp3) is 0.250. The van der Waals surface area contributed by atoms with Gasteiger partial charge >= 0.3 is 0 Å². The number of benzene rings is 2. The number of nitrogens with one attached hydrogen (secondary N) is 1. The Morgan fingerprint density at radius 3 is 2.39 bits per heavy atom. The van der Waals surface area contributed by atoms with Crippen LogP contribution in [0.2, 0.25) is 0 Å². The molecule has 160 valence electrons. The Kier molecular flexibility index (Phi) is 7.81. The zero-order valence-corrected chi connectivity index (χ0v) is 17.4. The van der Waals surface area contributed by atoms with E-state index in [1.54, 1.807) is 19.1 Å². The third kappa shape index (κ3) is 6.99. The van der Waals surface area contributed by atoms with Crippen LogP contribution in [0.25, 0.3) is 0 Å². The van der Waals surface area contributed by atoms with Crippen molar-refractivity contribution in [2.75, 3.05) is 13.1 Å². The first kappa shape index (κ1) is 22.1. The molecule has 0 saturated carbocycles. The van der Waals surface area contributed by atoms with Gasteiger partial charge in [0.15, 0.2) is 0 Å². The first-order valence-electron chi connectivity index (χ1n) is 10.1. The number of aromatic nitrogens is 2. The molecule has 0 saturated heterocycles. The molecular weight excluding hydrogens is 395 g/mol. The van der Waals surface area contributed by atoms with Crippen LogP contribution in [0.1, 0.15) is 33.7 Å². The molecule has 0 aliphatic heterocycles. The van der Waals surface area contributed by atoms with Crippen molar-refractivity contribution >= 4 is 11.8 Å². The smallest absolute Gasteiger partial charge is 0.274 e. The molecule has 1 N–H and O–H groups in total. The fourth-order valence-corrected chi connectivity index (χ4v) is 3.04. The van der Waals surface area contributed by atoms with Crippen LogP contribution < -0.4 is 5.32 Å². The molecule has 31 heavy (non-hydrogen) atoms. The van der Waals surface area contributed by atoms with Gasteiger partial charge in [-0.3, -0.25) is 14.6 Å². The number of rotatable bonds is 9. The largest absolute Gasteiger partial charge is 0.356 e. The molecule has 0 atom stereocenters. The normalized spacial score (nSPS) is 10.5. The van der Waals surface area contributed by atoms with Crippen molar-refractivity contribution in [1.29, 1.82) is 0 Å². The van der Waals surface area contributed by atoms with E-state index in [1.807, 2.05) is 30.3 Å². The lowest BCUT2D eigenvalue weighted by molar-refractivity contribution is -0.121. The summed E-state index contributed by atoms with van der Waals surface area (Å²) in [4.78, 5) is 35.1. The number of hydrogen-bond donors (Lipinski definition) is 1. The summed E-state index contributed by atoms with van der Waals surface area (Å²) in [7, 11) is 0. The van der Waals surface area contributed by atoms with Gasteiger partial charge in [-0.25, -0.2) is 9.37 Å². The van der Waals surface area contributed by atoms with E-state index < -0.39 is 0 Å². The second-order valence-corrected chi connectivity index (χ2v) is 7.23. The fourth-order valence-electron chi connectivity index (χ4n) is 3.04. The molecule has 1 heterocycles. The summed E-state index contributed by atoms with van der Waals surface area (Å²) in [6, 6.07) is 15.8. The second-order valence-electron chi connectivity index (χ2n) is 7.23. The lowest BCUT2D eigenvalue weighted by Crippen LogP contribution is -2.35. The summed E-state index contributed by atoms with van der Waals surface area (Å²) < 4.78 is 13.2. The molecule has 3 rings (SSSR count). The molecule has 0 aliphatic carbocycles. The van der Waals surface area contributed by atoms with Gasteiger partial charge in [-0.2, -0.15) is 0 Å². The van der Waals surface area contributed by atoms with Gasteiger partial charge in [-0.05, 0) is 36.6 Å². The molecule has 0 spiro atoms. The van der Waals surface area contributed by atoms with E-state index in [9.17, 15) is 14.0 Å². The quantitative estimate of drug-likeness (QED) is 0.576. The molecule has 6 nitrogen and oxygen atoms in total. The van der Waals surface area contributed by atoms with Crippen molar-refractivity contribution in [1.82, 2.24) is 20.2 Å². The predicted molar refractivity (Wildman–Crippen MR) is 116 cm³/mol. The zero-order valence-electron chi connectivity index (χ0n) is 17.4. The SMILES string of the molecule is Cc1cnc(C(=O)N(CCC(=O)NCCc2ccccc2)Cc2ccc(F)cc2)cn1. The molecule has 3 aromatic rings. The summed E-state index contributed by atoms with van der Waals surface area (Å²) >= 11 is 0. The molecule has 0 radical (unpaired) electrons. The molecule has 7 heteroatoms. The van der Waals surface area contributed by atoms with E-state index in [0.717, 1.165) is 17.5 Å². The standard InChI is InChI=1S/C24H25FN4O2/c1-18-15-28-22(16-27-18)24(31)29(17-20-7-9-21(25)10-8-20)14-12-23(30)26-13-11-19-5-3-2-4-6-19/h2-10,15-16H,11-14,17H2,1H3,(H,26,30). The molecule has 2 aromatic carbocycles. The Morgan fingerprint density at radius 2 is 1.71 bits per heavy atom. The maximum atomic E-state index is 13.2. The molecule has 1 aromatic heterocycles. The van der Waals surface area contributed by atoms with Gasteiger partial charge < -0.3 is 10.2 Å². The number of amides is 2. The summed E-state index contributed by atoms with van der Waals surface area (Å²) in [6.45, 7) is 2.77. The molecule has 0 bridgehead atoms. The van der Waals surface area contributed by atoms with E-state index in [2.05, 4.69) is 15.3 Å². The van der Waals surface area contributed by atoms with Gasteiger partial charge in [-0.1, -0.05) is 42.5 Å². The number of nitrogens with zero attached hydrogens (tertiary/aromatic N) is 3. The Bertz CT molecular complexity index is 992. The number of carbonyl (C=O) groups excluding carboxylic acids is 2. The number of halogens is 1. The van der Waals surface area contributed by atoms with Gasteiger partial charge in [0.05, 0.1) is 11.9 Å². The number of aryl methyl sites for hydroxylation is 1. The van der Waals surface area contributed by atoms with Crippen molar-refractivity contribution in [2.24, 2.45) is 0 Å². The summed E-state index contributed by atoms with van der Waals surface area (Å²) in [5.41, 5.74) is 2.82. The number of carbonyl (C=O) groups is 2. The highest BCUT2D eigenvalue weighted by atomic mass is 19.1. The van der Waals surface area contributed by atoms with Crippen molar-refractivity contribution in [2.45, 2.75) is 26.3 Å². The molecule has 0 unspecified atom stereocenters. The third-order valence-corrected chi connectivity index (χ3v) is 4.76. The van der Waals surface area contributed by atoms with Crippen LogP contribution in [-0.4, -0.2) is 39.8 Å². The van der Waals surface area contributed by atoms with E-state index in [0.29, 0.717) is 12.2 Å². The van der Waals surface area contributed by atoms with Crippen LogP contribution in [0, 0.1) is 12.7 Å². The van der Waals surface area contributed by atoms with Gasteiger partial charge in [0.2, 0.25) is 5.91 Å². The highest BCUT2D eigenvalue weighted by Gasteiger charge is 2.19. The minimum Gasteiger partial charge on any atom is -0.356 e. The molecule has 0 aliphatic rings. The molecular formula is C24H25FN4O2. The highest BCUT2D eigenvalue weighted by Crippen LogP contribution is 2.11. The highest BCUT2D eigenvalue weighted by molar-refractivity contribution is 5.92. The topological polar surface area (TPSA) is 75.2 Å². The van der Waals surface area contributed by atoms with E-state index in [-0.39, 0.29) is 42.8 Å². The van der Waals surface area contributed by atoms with Gasteiger partial charge in [0, 0.05) is 32.3 Å². The van der Waals surface area contributed by atoms with Crippen molar-refractivity contribution in [3.8, 4) is 0 Å². The summed E-state index contributed by atoms with van der Waals surface area (Å²) in [5, 5.41) is 2.89. The van der Waals surface area contributed by atoms with Gasteiger partial charge in [-0.15, -0.1) is 0 Å². The lowest BCUT2D eigenvalue weighted by Gasteiger charge is -2.22. The maximum absolute atomic E-state index is 13.2. The lowest BCUT2D eigenvalue weighted by atomic mass is 10.1. The van der Waals surface area contributed by atoms with Crippen molar-refractivity contribution < 1.29 is 14.0 Å². The second kappa shape index (κ2) is 11.0. The maximum Gasteiger partial charge on any atom is 0.274 e. The average molecular weight is 420 g/mol. The van der Waals surface area contributed by atoms with Crippen LogP contribution in [0.15, 0.2) is 67.0 Å². The van der Waals surface area contributed by atoms with Gasteiger partial charge in [0.1, 0.15) is 11.5 Å². The zero-order chi connectivity index (χ0) is 22.1. The van der Waals surface area contributed by atoms with Crippen LogP contribution >= 0.6 is 0 Å². The van der Waals surface area contributed by atoms with Crippen LogP contribution in [-0.2, 0) is 17.8 Å². The Balaban J connectivity index is 1.60. The predicted octanol–water partition coefficient (Wildman–Crippen LogP) is 3.32.